The first-order valence-electron chi connectivity index (χ1n) is 6.90. The van der Waals surface area contributed by atoms with Crippen molar-refractivity contribution in [3.63, 3.8) is 0 Å². The van der Waals surface area contributed by atoms with E-state index >= 15 is 0 Å². The van der Waals surface area contributed by atoms with Crippen LogP contribution in [0.2, 0.25) is 0 Å². The second-order valence-electron chi connectivity index (χ2n) is 5.01. The van der Waals surface area contributed by atoms with Gasteiger partial charge in [0.25, 0.3) is 5.91 Å². The number of nitrogens with one attached hydrogen (secondary N) is 2. The highest BCUT2D eigenvalue weighted by Crippen LogP contribution is 2.20. The highest BCUT2D eigenvalue weighted by Gasteiger charge is 2.17. The van der Waals surface area contributed by atoms with Crippen LogP contribution >= 0.6 is 15.9 Å². The highest BCUT2D eigenvalue weighted by molar-refractivity contribution is 9.10. The summed E-state index contributed by atoms with van der Waals surface area (Å²) < 4.78 is 0.952. The maximum Gasteiger partial charge on any atom is 0.251 e. The van der Waals surface area contributed by atoms with Crippen molar-refractivity contribution in [2.24, 2.45) is 0 Å². The molecular formula is C17H17BrN2O2. The van der Waals surface area contributed by atoms with Crippen molar-refractivity contribution in [2.45, 2.75) is 19.9 Å². The smallest absolute Gasteiger partial charge is 0.251 e. The van der Waals surface area contributed by atoms with E-state index in [4.69, 9.17) is 0 Å². The molecule has 0 aromatic heterocycles. The molecule has 2 amide bonds. The molecule has 2 aromatic rings. The number of amides is 2. The second kappa shape index (κ2) is 7.22. The minimum Gasteiger partial charge on any atom is -0.341 e. The van der Waals surface area contributed by atoms with Gasteiger partial charge in [0, 0.05) is 15.7 Å². The molecule has 0 spiro atoms. The molecule has 2 aromatic carbocycles. The molecule has 5 heteroatoms. The molecule has 1 unspecified atom stereocenters. The van der Waals surface area contributed by atoms with Crippen LogP contribution in [0.25, 0.3) is 0 Å². The van der Waals surface area contributed by atoms with E-state index in [2.05, 4.69) is 26.6 Å². The van der Waals surface area contributed by atoms with Crippen LogP contribution in [0.4, 0.5) is 5.69 Å². The summed E-state index contributed by atoms with van der Waals surface area (Å²) in [4.78, 5) is 24.2. The fraction of sp³-hybridized carbons (Fsp3) is 0.176. The molecule has 0 fully saturated rings. The molecule has 0 aliphatic heterocycles. The van der Waals surface area contributed by atoms with Gasteiger partial charge in [-0.2, -0.15) is 0 Å². The predicted octanol–water partition coefficient (Wildman–Crippen LogP) is 3.51. The van der Waals surface area contributed by atoms with Gasteiger partial charge in [0.05, 0.1) is 0 Å². The van der Waals surface area contributed by atoms with Gasteiger partial charge in [-0.3, -0.25) is 9.59 Å². The summed E-state index contributed by atoms with van der Waals surface area (Å²) in [5.74, 6) is -0.523. The molecule has 0 aliphatic rings. The zero-order valence-electron chi connectivity index (χ0n) is 12.4. The first-order valence-corrected chi connectivity index (χ1v) is 7.69. The first-order chi connectivity index (χ1) is 10.5. The van der Waals surface area contributed by atoms with E-state index in [0.29, 0.717) is 5.56 Å². The summed E-state index contributed by atoms with van der Waals surface area (Å²) in [7, 11) is 0. The Kier molecular flexibility index (Phi) is 5.33. The predicted molar refractivity (Wildman–Crippen MR) is 90.9 cm³/mol. The van der Waals surface area contributed by atoms with Crippen LogP contribution < -0.4 is 10.6 Å². The van der Waals surface area contributed by atoms with Crippen LogP contribution in [0, 0.1) is 6.92 Å². The van der Waals surface area contributed by atoms with Crippen LogP contribution in [-0.4, -0.2) is 17.9 Å². The molecule has 0 bridgehead atoms. The highest BCUT2D eigenvalue weighted by atomic mass is 79.9. The molecule has 0 aliphatic carbocycles. The number of halogens is 1. The minimum absolute atomic E-state index is 0.255. The van der Waals surface area contributed by atoms with Gasteiger partial charge in [-0.25, -0.2) is 0 Å². The Morgan fingerprint density at radius 2 is 1.77 bits per heavy atom. The quantitative estimate of drug-likeness (QED) is 0.876. The largest absolute Gasteiger partial charge is 0.341 e. The van der Waals surface area contributed by atoms with Crippen molar-refractivity contribution >= 4 is 33.4 Å². The normalized spacial score (nSPS) is 11.6. The lowest BCUT2D eigenvalue weighted by Gasteiger charge is -2.15. The van der Waals surface area contributed by atoms with Gasteiger partial charge in [0.1, 0.15) is 6.04 Å². The summed E-state index contributed by atoms with van der Waals surface area (Å²) >= 11 is 3.38. The number of aryl methyl sites for hydroxylation is 1. The van der Waals surface area contributed by atoms with Crippen LogP contribution in [-0.2, 0) is 4.79 Å². The molecular weight excluding hydrogens is 344 g/mol. The van der Waals surface area contributed by atoms with Crippen LogP contribution in [0.3, 0.4) is 0 Å². The molecule has 2 N–H and O–H groups in total. The molecule has 0 saturated carbocycles. The first kappa shape index (κ1) is 16.2. The maximum absolute atomic E-state index is 12.2. The van der Waals surface area contributed by atoms with Crippen LogP contribution in [0.5, 0.6) is 0 Å². The summed E-state index contributed by atoms with van der Waals surface area (Å²) in [6.07, 6.45) is 0. The van der Waals surface area contributed by atoms with E-state index in [9.17, 15) is 9.59 Å². The Bertz CT molecular complexity index is 686. The van der Waals surface area contributed by atoms with Crippen LogP contribution in [0.1, 0.15) is 22.8 Å². The summed E-state index contributed by atoms with van der Waals surface area (Å²) in [5, 5.41) is 5.51. The van der Waals surface area contributed by atoms with Gasteiger partial charge in [-0.15, -0.1) is 0 Å². The summed E-state index contributed by atoms with van der Waals surface area (Å²) in [6, 6.07) is 13.8. The van der Waals surface area contributed by atoms with Gasteiger partial charge in [-0.05, 0) is 49.7 Å². The van der Waals surface area contributed by atoms with Gasteiger partial charge in [0.15, 0.2) is 0 Å². The van der Waals surface area contributed by atoms with E-state index in [1.54, 1.807) is 31.2 Å². The second-order valence-corrected chi connectivity index (χ2v) is 5.93. The van der Waals surface area contributed by atoms with Gasteiger partial charge in [-0.1, -0.05) is 34.1 Å². The molecule has 2 rings (SSSR count). The number of hydrogen-bond donors (Lipinski definition) is 2. The van der Waals surface area contributed by atoms with Crippen molar-refractivity contribution < 1.29 is 9.59 Å². The zero-order valence-corrected chi connectivity index (χ0v) is 14.0. The summed E-state index contributed by atoms with van der Waals surface area (Å²) in [5.41, 5.74) is 2.21. The molecule has 0 heterocycles. The number of rotatable bonds is 4. The van der Waals surface area contributed by atoms with Crippen molar-refractivity contribution in [3.8, 4) is 0 Å². The van der Waals surface area contributed by atoms with Gasteiger partial charge in [0.2, 0.25) is 5.91 Å². The number of hydrogen-bond acceptors (Lipinski definition) is 2. The van der Waals surface area contributed by atoms with E-state index in [-0.39, 0.29) is 11.8 Å². The molecule has 22 heavy (non-hydrogen) atoms. The molecule has 0 saturated heterocycles. The average Bonchev–Trinajstić information content (AvgIpc) is 2.50. The third-order valence-electron chi connectivity index (χ3n) is 3.22. The van der Waals surface area contributed by atoms with Crippen molar-refractivity contribution in [2.75, 3.05) is 5.32 Å². The summed E-state index contributed by atoms with van der Waals surface area (Å²) in [6.45, 7) is 3.57. The Hall–Kier alpha value is -2.14. The van der Waals surface area contributed by atoms with E-state index < -0.39 is 6.04 Å². The third kappa shape index (κ3) is 4.18. The number of carbonyl (C=O) groups excluding carboxylic acids is 2. The average molecular weight is 361 g/mol. The number of carbonyl (C=O) groups is 2. The van der Waals surface area contributed by atoms with E-state index in [1.807, 2.05) is 31.2 Å². The lowest BCUT2D eigenvalue weighted by Crippen LogP contribution is -2.41. The standard InChI is InChI=1S/C17H17BrN2O2/c1-11-10-14(18)8-9-15(11)20-16(21)12(2)19-17(22)13-6-4-3-5-7-13/h3-10,12H,1-2H3,(H,19,22)(H,20,21). The Morgan fingerprint density at radius 1 is 1.09 bits per heavy atom. The topological polar surface area (TPSA) is 58.2 Å². The van der Waals surface area contributed by atoms with E-state index in [0.717, 1.165) is 15.7 Å². The number of anilines is 1. The van der Waals surface area contributed by atoms with E-state index in [1.165, 1.54) is 0 Å². The third-order valence-corrected chi connectivity index (χ3v) is 3.72. The maximum atomic E-state index is 12.2. The Labute approximate surface area is 138 Å². The SMILES string of the molecule is Cc1cc(Br)ccc1NC(=O)C(C)NC(=O)c1ccccc1. The lowest BCUT2D eigenvalue weighted by molar-refractivity contribution is -0.117. The molecule has 1 atom stereocenters. The van der Waals surface area contributed by atoms with Gasteiger partial charge < -0.3 is 10.6 Å². The van der Waals surface area contributed by atoms with Crippen molar-refractivity contribution in [1.29, 1.82) is 0 Å². The molecule has 4 nitrogen and oxygen atoms in total. The lowest BCUT2D eigenvalue weighted by atomic mass is 10.1. The van der Waals surface area contributed by atoms with Crippen molar-refractivity contribution in [1.82, 2.24) is 5.32 Å². The monoisotopic (exact) mass is 360 g/mol. The Balaban J connectivity index is 1.99. The minimum atomic E-state index is -0.629. The Morgan fingerprint density at radius 3 is 2.41 bits per heavy atom. The molecule has 114 valence electrons. The number of benzene rings is 2. The van der Waals surface area contributed by atoms with Crippen LogP contribution in [0.15, 0.2) is 53.0 Å². The fourth-order valence-corrected chi connectivity index (χ4v) is 2.42. The molecule has 0 radical (unpaired) electrons. The fourth-order valence-electron chi connectivity index (χ4n) is 1.94. The van der Waals surface area contributed by atoms with Crippen molar-refractivity contribution in [3.05, 3.63) is 64.1 Å². The van der Waals surface area contributed by atoms with Gasteiger partial charge >= 0.3 is 0 Å². The zero-order chi connectivity index (χ0) is 16.1.